The lowest BCUT2D eigenvalue weighted by Crippen LogP contribution is -2.21. The third-order valence-electron chi connectivity index (χ3n) is 2.76. The van der Waals surface area contributed by atoms with E-state index in [2.05, 4.69) is 42.8 Å². The molecule has 0 aliphatic carbocycles. The van der Waals surface area contributed by atoms with Crippen LogP contribution in [0.25, 0.3) is 0 Å². The number of rotatable bonds is 5. The third kappa shape index (κ3) is 3.09. The van der Waals surface area contributed by atoms with Gasteiger partial charge in [-0.05, 0) is 41.9 Å². The SMILES string of the molecule is CCNC(c1ccc(SC)cc1)c1sccc1Cl. The summed E-state index contributed by atoms with van der Waals surface area (Å²) in [7, 11) is 0. The molecule has 0 saturated heterocycles. The van der Waals surface area contributed by atoms with Gasteiger partial charge in [0.1, 0.15) is 0 Å². The molecule has 1 N–H and O–H groups in total. The fourth-order valence-corrected chi connectivity index (χ4v) is 3.55. The van der Waals surface area contributed by atoms with Crippen LogP contribution in [0.3, 0.4) is 0 Å². The van der Waals surface area contributed by atoms with Crippen molar-refractivity contribution in [3.8, 4) is 0 Å². The molecule has 2 aromatic rings. The molecule has 96 valence electrons. The summed E-state index contributed by atoms with van der Waals surface area (Å²) in [5.74, 6) is 0. The van der Waals surface area contributed by atoms with Crippen LogP contribution in [0.5, 0.6) is 0 Å². The maximum absolute atomic E-state index is 6.25. The first-order valence-electron chi connectivity index (χ1n) is 5.86. The largest absolute Gasteiger partial charge is 0.306 e. The first kappa shape index (κ1) is 13.9. The van der Waals surface area contributed by atoms with Crippen LogP contribution in [0.1, 0.15) is 23.4 Å². The molecule has 1 atom stereocenters. The number of nitrogens with one attached hydrogen (secondary N) is 1. The quantitative estimate of drug-likeness (QED) is 0.794. The molecule has 2 rings (SSSR count). The van der Waals surface area contributed by atoms with E-state index in [0.29, 0.717) is 0 Å². The second-order valence-electron chi connectivity index (χ2n) is 3.90. The normalized spacial score (nSPS) is 12.6. The highest BCUT2D eigenvalue weighted by Gasteiger charge is 2.17. The molecular weight excluding hydrogens is 282 g/mol. The third-order valence-corrected chi connectivity index (χ3v) is 4.93. The Labute approximate surface area is 122 Å². The molecule has 0 radical (unpaired) electrons. The van der Waals surface area contributed by atoms with E-state index in [1.54, 1.807) is 23.1 Å². The van der Waals surface area contributed by atoms with Crippen LogP contribution in [0, 0.1) is 0 Å². The van der Waals surface area contributed by atoms with Crippen LogP contribution in [-0.4, -0.2) is 12.8 Å². The van der Waals surface area contributed by atoms with Gasteiger partial charge in [0.2, 0.25) is 0 Å². The van der Waals surface area contributed by atoms with E-state index in [4.69, 9.17) is 11.6 Å². The highest BCUT2D eigenvalue weighted by Crippen LogP contribution is 2.33. The van der Waals surface area contributed by atoms with E-state index in [1.807, 2.05) is 11.4 Å². The standard InChI is InChI=1S/C14H16ClNS2/c1-3-16-13(14-12(15)8-9-18-14)10-4-6-11(17-2)7-5-10/h4-9,13,16H,3H2,1-2H3. The Kier molecular flexibility index (Phi) is 5.13. The van der Waals surface area contributed by atoms with Crippen molar-refractivity contribution >= 4 is 34.7 Å². The lowest BCUT2D eigenvalue weighted by molar-refractivity contribution is 0.639. The molecule has 0 bridgehead atoms. The van der Waals surface area contributed by atoms with E-state index in [-0.39, 0.29) is 6.04 Å². The zero-order valence-corrected chi connectivity index (χ0v) is 12.8. The minimum Gasteiger partial charge on any atom is -0.306 e. The van der Waals surface area contributed by atoms with Crippen molar-refractivity contribution in [2.24, 2.45) is 0 Å². The summed E-state index contributed by atoms with van der Waals surface area (Å²) in [6.07, 6.45) is 2.09. The Hall–Kier alpha value is -0.480. The van der Waals surface area contributed by atoms with Crippen LogP contribution in [0.2, 0.25) is 5.02 Å². The van der Waals surface area contributed by atoms with Gasteiger partial charge in [-0.2, -0.15) is 0 Å². The molecule has 0 aliphatic rings. The van der Waals surface area contributed by atoms with Gasteiger partial charge < -0.3 is 5.32 Å². The molecular formula is C14H16ClNS2. The van der Waals surface area contributed by atoms with Crippen molar-refractivity contribution in [1.82, 2.24) is 5.32 Å². The molecule has 18 heavy (non-hydrogen) atoms. The highest BCUT2D eigenvalue weighted by atomic mass is 35.5. The van der Waals surface area contributed by atoms with E-state index in [0.717, 1.165) is 11.6 Å². The number of halogens is 1. The van der Waals surface area contributed by atoms with Crippen LogP contribution in [-0.2, 0) is 0 Å². The number of hydrogen-bond donors (Lipinski definition) is 1. The van der Waals surface area contributed by atoms with Gasteiger partial charge in [-0.3, -0.25) is 0 Å². The van der Waals surface area contributed by atoms with Crippen LogP contribution < -0.4 is 5.32 Å². The van der Waals surface area contributed by atoms with Crippen molar-refractivity contribution in [1.29, 1.82) is 0 Å². The summed E-state index contributed by atoms with van der Waals surface area (Å²) >= 11 is 9.71. The van der Waals surface area contributed by atoms with Crippen LogP contribution >= 0.6 is 34.7 Å². The van der Waals surface area contributed by atoms with Gasteiger partial charge in [0.15, 0.2) is 0 Å². The Morgan fingerprint density at radius 2 is 2.00 bits per heavy atom. The minimum atomic E-state index is 0.193. The number of thioether (sulfide) groups is 1. The van der Waals surface area contributed by atoms with Crippen molar-refractivity contribution in [2.75, 3.05) is 12.8 Å². The number of thiophene rings is 1. The molecule has 0 saturated carbocycles. The fraction of sp³-hybridized carbons (Fsp3) is 0.286. The summed E-state index contributed by atoms with van der Waals surface area (Å²) < 4.78 is 0. The van der Waals surface area contributed by atoms with E-state index >= 15 is 0 Å². The molecule has 1 aromatic carbocycles. The second-order valence-corrected chi connectivity index (χ2v) is 6.13. The van der Waals surface area contributed by atoms with Crippen molar-refractivity contribution in [3.05, 3.63) is 51.2 Å². The van der Waals surface area contributed by atoms with Crippen molar-refractivity contribution in [2.45, 2.75) is 17.9 Å². The first-order valence-corrected chi connectivity index (χ1v) is 8.34. The molecule has 1 aromatic heterocycles. The molecule has 0 amide bonds. The van der Waals surface area contributed by atoms with Crippen LogP contribution in [0.4, 0.5) is 0 Å². The van der Waals surface area contributed by atoms with Crippen LogP contribution in [0.15, 0.2) is 40.6 Å². The first-order chi connectivity index (χ1) is 8.76. The predicted octanol–water partition coefficient (Wildman–Crippen LogP) is 4.82. The van der Waals surface area contributed by atoms with Gasteiger partial charge in [0, 0.05) is 9.77 Å². The second kappa shape index (κ2) is 6.62. The molecule has 0 aliphatic heterocycles. The lowest BCUT2D eigenvalue weighted by Gasteiger charge is -2.18. The minimum absolute atomic E-state index is 0.193. The zero-order chi connectivity index (χ0) is 13.0. The van der Waals surface area contributed by atoms with E-state index in [9.17, 15) is 0 Å². The number of hydrogen-bond acceptors (Lipinski definition) is 3. The van der Waals surface area contributed by atoms with Gasteiger partial charge in [-0.1, -0.05) is 30.7 Å². The average Bonchev–Trinajstić information content (AvgIpc) is 2.82. The summed E-state index contributed by atoms with van der Waals surface area (Å²) in [5, 5.41) is 6.39. The van der Waals surface area contributed by atoms with Gasteiger partial charge in [0.25, 0.3) is 0 Å². The summed E-state index contributed by atoms with van der Waals surface area (Å²) in [6, 6.07) is 10.8. The number of benzene rings is 1. The van der Waals surface area contributed by atoms with Gasteiger partial charge in [0.05, 0.1) is 11.1 Å². The van der Waals surface area contributed by atoms with Gasteiger partial charge in [-0.15, -0.1) is 23.1 Å². The molecule has 1 nitrogen and oxygen atoms in total. The Bertz CT molecular complexity index is 493. The summed E-state index contributed by atoms with van der Waals surface area (Å²) in [5.41, 5.74) is 1.26. The Morgan fingerprint density at radius 1 is 1.28 bits per heavy atom. The summed E-state index contributed by atoms with van der Waals surface area (Å²) in [6.45, 7) is 3.04. The van der Waals surface area contributed by atoms with Crippen molar-refractivity contribution in [3.63, 3.8) is 0 Å². The maximum Gasteiger partial charge on any atom is 0.0686 e. The fourth-order valence-electron chi connectivity index (χ4n) is 1.87. The summed E-state index contributed by atoms with van der Waals surface area (Å²) in [4.78, 5) is 2.47. The topological polar surface area (TPSA) is 12.0 Å². The Balaban J connectivity index is 2.32. The van der Waals surface area contributed by atoms with E-state index < -0.39 is 0 Å². The zero-order valence-electron chi connectivity index (χ0n) is 10.4. The molecule has 0 fully saturated rings. The average molecular weight is 298 g/mol. The Morgan fingerprint density at radius 3 is 2.50 bits per heavy atom. The predicted molar refractivity (Wildman–Crippen MR) is 83.1 cm³/mol. The molecule has 0 spiro atoms. The molecule has 1 unspecified atom stereocenters. The molecule has 1 heterocycles. The maximum atomic E-state index is 6.25. The van der Waals surface area contributed by atoms with Gasteiger partial charge in [-0.25, -0.2) is 0 Å². The molecule has 4 heteroatoms. The smallest absolute Gasteiger partial charge is 0.0686 e. The van der Waals surface area contributed by atoms with Gasteiger partial charge >= 0.3 is 0 Å². The van der Waals surface area contributed by atoms with E-state index in [1.165, 1.54) is 15.3 Å². The lowest BCUT2D eigenvalue weighted by atomic mass is 10.1. The van der Waals surface area contributed by atoms with Crippen molar-refractivity contribution < 1.29 is 0 Å². The monoisotopic (exact) mass is 297 g/mol. The highest BCUT2D eigenvalue weighted by molar-refractivity contribution is 7.98.